The number of carbonyl (C=O) groups is 1. The van der Waals surface area contributed by atoms with Crippen LogP contribution in [0.2, 0.25) is 0 Å². The third-order valence-corrected chi connectivity index (χ3v) is 3.52. The van der Waals surface area contributed by atoms with Crippen LogP contribution in [-0.4, -0.2) is 25.7 Å². The van der Waals surface area contributed by atoms with Crippen molar-refractivity contribution < 1.29 is 9.53 Å². The molecular formula is C11H14BrIN2O2. The number of hydrogen-bond acceptors (Lipinski definition) is 3. The summed E-state index contributed by atoms with van der Waals surface area (Å²) >= 11 is 5.56. The van der Waals surface area contributed by atoms with Crippen LogP contribution in [0.1, 0.15) is 6.42 Å². The Balaban J connectivity index is 2.64. The molecule has 0 aliphatic rings. The lowest BCUT2D eigenvalue weighted by Crippen LogP contribution is -2.36. The van der Waals surface area contributed by atoms with Crippen LogP contribution >= 0.6 is 38.5 Å². The van der Waals surface area contributed by atoms with Crippen LogP contribution in [-0.2, 0) is 9.53 Å². The third-order valence-electron chi connectivity index (χ3n) is 2.16. The normalized spacial score (nSPS) is 12.2. The van der Waals surface area contributed by atoms with Gasteiger partial charge in [0, 0.05) is 21.8 Å². The lowest BCUT2D eigenvalue weighted by Gasteiger charge is -2.13. The Morgan fingerprint density at radius 1 is 1.65 bits per heavy atom. The fourth-order valence-electron chi connectivity index (χ4n) is 1.19. The minimum atomic E-state index is -0.556. The maximum atomic E-state index is 11.8. The molecule has 1 unspecified atom stereocenters. The van der Waals surface area contributed by atoms with E-state index >= 15 is 0 Å². The molecule has 1 atom stereocenters. The van der Waals surface area contributed by atoms with E-state index in [2.05, 4.69) is 43.8 Å². The van der Waals surface area contributed by atoms with Gasteiger partial charge in [-0.05, 0) is 63.1 Å². The zero-order chi connectivity index (χ0) is 12.8. The minimum absolute atomic E-state index is 0.204. The maximum absolute atomic E-state index is 11.8. The van der Waals surface area contributed by atoms with E-state index in [1.54, 1.807) is 7.11 Å². The van der Waals surface area contributed by atoms with Gasteiger partial charge >= 0.3 is 0 Å². The van der Waals surface area contributed by atoms with Crippen molar-refractivity contribution >= 4 is 50.1 Å². The molecule has 0 saturated heterocycles. The van der Waals surface area contributed by atoms with Gasteiger partial charge < -0.3 is 15.8 Å². The summed E-state index contributed by atoms with van der Waals surface area (Å²) < 4.78 is 6.77. The number of methoxy groups -OCH3 is 1. The van der Waals surface area contributed by atoms with Crippen LogP contribution in [0.4, 0.5) is 5.69 Å². The monoisotopic (exact) mass is 412 g/mol. The Labute approximate surface area is 123 Å². The fraction of sp³-hybridized carbons (Fsp3) is 0.364. The Morgan fingerprint density at radius 3 is 3.00 bits per heavy atom. The first-order valence-electron chi connectivity index (χ1n) is 5.05. The van der Waals surface area contributed by atoms with Crippen molar-refractivity contribution in [3.63, 3.8) is 0 Å². The molecule has 1 amide bonds. The van der Waals surface area contributed by atoms with Gasteiger partial charge in [-0.3, -0.25) is 4.79 Å². The lowest BCUT2D eigenvalue weighted by atomic mass is 10.2. The van der Waals surface area contributed by atoms with Crippen LogP contribution < -0.4 is 11.1 Å². The summed E-state index contributed by atoms with van der Waals surface area (Å²) in [6.45, 7) is 0.474. The van der Waals surface area contributed by atoms with Crippen molar-refractivity contribution in [2.24, 2.45) is 5.73 Å². The minimum Gasteiger partial charge on any atom is -0.385 e. The number of carbonyl (C=O) groups excluding carboxylic acids is 1. The number of amides is 1. The second-order valence-corrected chi connectivity index (χ2v) is 5.60. The topological polar surface area (TPSA) is 64.3 Å². The summed E-state index contributed by atoms with van der Waals surface area (Å²) in [5.41, 5.74) is 6.46. The van der Waals surface area contributed by atoms with Crippen LogP contribution in [0.5, 0.6) is 0 Å². The van der Waals surface area contributed by atoms with Gasteiger partial charge in [0.15, 0.2) is 0 Å². The van der Waals surface area contributed by atoms with E-state index in [1.807, 2.05) is 18.2 Å². The van der Waals surface area contributed by atoms with E-state index in [0.29, 0.717) is 13.0 Å². The van der Waals surface area contributed by atoms with E-state index in [4.69, 9.17) is 10.5 Å². The van der Waals surface area contributed by atoms with E-state index in [1.165, 1.54) is 0 Å². The van der Waals surface area contributed by atoms with Crippen molar-refractivity contribution in [2.45, 2.75) is 12.5 Å². The first-order valence-corrected chi connectivity index (χ1v) is 6.92. The van der Waals surface area contributed by atoms with Gasteiger partial charge in [0.1, 0.15) is 0 Å². The van der Waals surface area contributed by atoms with Crippen LogP contribution in [0.15, 0.2) is 22.7 Å². The number of halogens is 2. The van der Waals surface area contributed by atoms with Crippen LogP contribution in [0, 0.1) is 3.57 Å². The average molecular weight is 413 g/mol. The van der Waals surface area contributed by atoms with E-state index < -0.39 is 6.04 Å². The quantitative estimate of drug-likeness (QED) is 0.729. The number of nitrogens with one attached hydrogen (secondary N) is 1. The molecule has 1 aromatic rings. The Morgan fingerprint density at radius 2 is 2.35 bits per heavy atom. The number of hydrogen-bond donors (Lipinski definition) is 2. The SMILES string of the molecule is COCCC(N)C(=O)Nc1cc(I)ccc1Br. The lowest BCUT2D eigenvalue weighted by molar-refractivity contribution is -0.117. The number of anilines is 1. The Hall–Kier alpha value is -0.180. The zero-order valence-electron chi connectivity index (χ0n) is 9.37. The van der Waals surface area contributed by atoms with E-state index in [0.717, 1.165) is 13.7 Å². The summed E-state index contributed by atoms with van der Waals surface area (Å²) in [5.74, 6) is -0.204. The molecular weight excluding hydrogens is 399 g/mol. The molecule has 3 N–H and O–H groups in total. The first-order chi connectivity index (χ1) is 8.04. The molecule has 0 aliphatic carbocycles. The molecule has 0 fully saturated rings. The molecule has 1 rings (SSSR count). The van der Waals surface area contributed by atoms with Gasteiger partial charge in [0.25, 0.3) is 0 Å². The van der Waals surface area contributed by atoms with Crippen molar-refractivity contribution in [3.05, 3.63) is 26.2 Å². The number of rotatable bonds is 5. The number of benzene rings is 1. The number of nitrogens with two attached hydrogens (primary N) is 1. The third kappa shape index (κ3) is 4.90. The summed E-state index contributed by atoms with van der Waals surface area (Å²) in [6.07, 6.45) is 0.504. The highest BCUT2D eigenvalue weighted by Gasteiger charge is 2.14. The highest BCUT2D eigenvalue weighted by atomic mass is 127. The predicted octanol–water partition coefficient (Wildman–Crippen LogP) is 2.36. The molecule has 0 bridgehead atoms. The highest BCUT2D eigenvalue weighted by molar-refractivity contribution is 14.1. The van der Waals surface area contributed by atoms with Crippen molar-refractivity contribution in [1.29, 1.82) is 0 Å². The number of ether oxygens (including phenoxy) is 1. The van der Waals surface area contributed by atoms with Gasteiger partial charge in [-0.2, -0.15) is 0 Å². The van der Waals surface area contributed by atoms with Gasteiger partial charge in [0.2, 0.25) is 5.91 Å². The van der Waals surface area contributed by atoms with Crippen molar-refractivity contribution in [1.82, 2.24) is 0 Å². The van der Waals surface area contributed by atoms with Gasteiger partial charge in [-0.25, -0.2) is 0 Å². The molecule has 0 aromatic heterocycles. The first kappa shape index (κ1) is 14.9. The highest BCUT2D eigenvalue weighted by Crippen LogP contribution is 2.24. The van der Waals surface area contributed by atoms with Crippen LogP contribution in [0.3, 0.4) is 0 Å². The molecule has 0 heterocycles. The van der Waals surface area contributed by atoms with Crippen molar-refractivity contribution in [2.75, 3.05) is 19.0 Å². The summed E-state index contributed by atoms with van der Waals surface area (Å²) in [5, 5.41) is 2.79. The predicted molar refractivity (Wildman–Crippen MR) is 80.0 cm³/mol. The second-order valence-electron chi connectivity index (χ2n) is 3.50. The summed E-state index contributed by atoms with van der Waals surface area (Å²) in [7, 11) is 1.58. The second kappa shape index (κ2) is 7.30. The molecule has 17 heavy (non-hydrogen) atoms. The molecule has 0 aliphatic heterocycles. The van der Waals surface area contributed by atoms with Crippen LogP contribution in [0.25, 0.3) is 0 Å². The summed E-state index contributed by atoms with van der Waals surface area (Å²) in [6, 6.07) is 5.16. The van der Waals surface area contributed by atoms with E-state index in [-0.39, 0.29) is 5.91 Å². The average Bonchev–Trinajstić information content (AvgIpc) is 2.30. The van der Waals surface area contributed by atoms with Gasteiger partial charge in [-0.1, -0.05) is 0 Å². The molecule has 4 nitrogen and oxygen atoms in total. The fourth-order valence-corrected chi connectivity index (χ4v) is 2.03. The zero-order valence-corrected chi connectivity index (χ0v) is 13.1. The molecule has 6 heteroatoms. The standard InChI is InChI=1S/C11H14BrIN2O2/c1-17-5-4-9(14)11(16)15-10-6-7(13)2-3-8(10)12/h2-3,6,9H,4-5,14H2,1H3,(H,15,16). The smallest absolute Gasteiger partial charge is 0.241 e. The largest absolute Gasteiger partial charge is 0.385 e. The molecule has 0 radical (unpaired) electrons. The Kier molecular flexibility index (Phi) is 6.39. The molecule has 0 saturated carbocycles. The summed E-state index contributed by atoms with van der Waals surface area (Å²) in [4.78, 5) is 11.8. The van der Waals surface area contributed by atoms with Gasteiger partial charge in [0.05, 0.1) is 11.7 Å². The van der Waals surface area contributed by atoms with Crippen molar-refractivity contribution in [3.8, 4) is 0 Å². The maximum Gasteiger partial charge on any atom is 0.241 e. The Bertz CT molecular complexity index is 401. The molecule has 94 valence electrons. The molecule has 0 spiro atoms. The van der Waals surface area contributed by atoms with Gasteiger partial charge in [-0.15, -0.1) is 0 Å². The molecule has 1 aromatic carbocycles. The van der Waals surface area contributed by atoms with E-state index in [9.17, 15) is 4.79 Å².